The Morgan fingerprint density at radius 2 is 2.00 bits per heavy atom. The normalized spacial score (nSPS) is 16.7. The number of benzene rings is 1. The number of rotatable bonds is 1. The number of hydrogen-bond donors (Lipinski definition) is 1. The van der Waals surface area contributed by atoms with Crippen LogP contribution in [0, 0.1) is 0 Å². The lowest BCUT2D eigenvalue weighted by Crippen LogP contribution is -2.40. The summed E-state index contributed by atoms with van der Waals surface area (Å²) in [5.41, 5.74) is 10.4. The molecule has 0 spiro atoms. The van der Waals surface area contributed by atoms with Crippen LogP contribution in [0.1, 0.15) is 20.8 Å². The topological polar surface area (TPSA) is 55.6 Å². The summed E-state index contributed by atoms with van der Waals surface area (Å²) in [6, 6.07) is 8.28. The number of fused-ring (bicyclic) bond motifs is 3. The first-order valence-electron chi connectivity index (χ1n) is 7.12. The van der Waals surface area contributed by atoms with Crippen molar-refractivity contribution in [3.63, 3.8) is 0 Å². The predicted molar refractivity (Wildman–Crippen MR) is 83.7 cm³/mol. The summed E-state index contributed by atoms with van der Waals surface area (Å²) < 4.78 is 5.32. The van der Waals surface area contributed by atoms with Crippen molar-refractivity contribution >= 4 is 22.2 Å². The summed E-state index contributed by atoms with van der Waals surface area (Å²) in [6.07, 6.45) is 0.886. The number of ether oxygens (including phenoxy) is 1. The molecular formula is C16H16N2O2S. The first kappa shape index (κ1) is 12.9. The number of carbonyl (C=O) groups excluding carboxylic acids is 1. The maximum absolute atomic E-state index is 12.8. The fourth-order valence-corrected chi connectivity index (χ4v) is 4.23. The van der Waals surface area contributed by atoms with Crippen LogP contribution in [0.2, 0.25) is 0 Å². The molecule has 1 aliphatic carbocycles. The van der Waals surface area contributed by atoms with Crippen molar-refractivity contribution in [3.05, 3.63) is 40.3 Å². The molecule has 1 aromatic heterocycles. The van der Waals surface area contributed by atoms with Crippen LogP contribution in [0.4, 0.5) is 5.00 Å². The molecule has 1 fully saturated rings. The van der Waals surface area contributed by atoms with E-state index in [2.05, 4.69) is 12.1 Å². The molecule has 108 valence electrons. The Labute approximate surface area is 127 Å². The van der Waals surface area contributed by atoms with E-state index in [0.29, 0.717) is 36.9 Å². The average Bonchev–Trinajstić information content (AvgIpc) is 3.02. The Morgan fingerprint density at radius 3 is 2.81 bits per heavy atom. The summed E-state index contributed by atoms with van der Waals surface area (Å²) >= 11 is 1.55. The minimum absolute atomic E-state index is 0.0463. The number of morpholine rings is 1. The molecule has 2 aromatic rings. The van der Waals surface area contributed by atoms with Crippen molar-refractivity contribution in [1.29, 1.82) is 0 Å². The van der Waals surface area contributed by atoms with Gasteiger partial charge in [0.2, 0.25) is 0 Å². The first-order chi connectivity index (χ1) is 10.3. The number of hydrogen-bond acceptors (Lipinski definition) is 4. The second-order valence-electron chi connectivity index (χ2n) is 5.38. The van der Waals surface area contributed by atoms with Crippen LogP contribution in [-0.2, 0) is 11.2 Å². The maximum atomic E-state index is 12.8. The molecule has 2 heterocycles. The molecule has 4 nitrogen and oxygen atoms in total. The van der Waals surface area contributed by atoms with Gasteiger partial charge in [-0.2, -0.15) is 0 Å². The monoisotopic (exact) mass is 300 g/mol. The molecule has 1 saturated heterocycles. The fourth-order valence-electron chi connectivity index (χ4n) is 3.13. The molecule has 2 N–H and O–H groups in total. The number of thiophene rings is 1. The number of nitrogens with two attached hydrogens (primary N) is 1. The average molecular weight is 300 g/mol. The highest BCUT2D eigenvalue weighted by atomic mass is 32.1. The molecule has 5 heteroatoms. The quantitative estimate of drug-likeness (QED) is 0.750. The Hall–Kier alpha value is -1.85. The van der Waals surface area contributed by atoms with Gasteiger partial charge in [-0.3, -0.25) is 4.79 Å². The summed E-state index contributed by atoms with van der Waals surface area (Å²) in [7, 11) is 0. The Balaban J connectivity index is 1.79. The third-order valence-corrected chi connectivity index (χ3v) is 5.18. The molecule has 1 aromatic carbocycles. The van der Waals surface area contributed by atoms with E-state index in [4.69, 9.17) is 10.5 Å². The van der Waals surface area contributed by atoms with Gasteiger partial charge in [0.25, 0.3) is 5.91 Å². The van der Waals surface area contributed by atoms with Crippen molar-refractivity contribution in [2.75, 3.05) is 32.0 Å². The Morgan fingerprint density at radius 1 is 1.24 bits per heavy atom. The molecule has 21 heavy (non-hydrogen) atoms. The number of carbonyl (C=O) groups is 1. The molecule has 4 rings (SSSR count). The van der Waals surface area contributed by atoms with Crippen molar-refractivity contribution < 1.29 is 9.53 Å². The van der Waals surface area contributed by atoms with Gasteiger partial charge in [0, 0.05) is 30.0 Å². The lowest BCUT2D eigenvalue weighted by molar-refractivity contribution is 0.0304. The Kier molecular flexibility index (Phi) is 2.97. The first-order valence-corrected chi connectivity index (χ1v) is 7.94. The number of nitrogen functional groups attached to an aromatic ring is 1. The smallest absolute Gasteiger partial charge is 0.257 e. The second kappa shape index (κ2) is 4.86. The van der Waals surface area contributed by atoms with Gasteiger partial charge >= 0.3 is 0 Å². The number of amides is 1. The lowest BCUT2D eigenvalue weighted by Gasteiger charge is -2.27. The zero-order chi connectivity index (χ0) is 14.4. The van der Waals surface area contributed by atoms with E-state index in [1.165, 1.54) is 10.4 Å². The van der Waals surface area contributed by atoms with Gasteiger partial charge in [-0.05, 0) is 11.1 Å². The standard InChI is InChI=1S/C16H16N2O2S/c17-15-14(16(19)18-5-7-20-8-6-18)13-11-4-2-1-3-10(11)9-12(13)21-15/h1-4H,5-9,17H2. The van der Waals surface area contributed by atoms with Crippen LogP contribution in [0.15, 0.2) is 24.3 Å². The molecule has 1 amide bonds. The van der Waals surface area contributed by atoms with Crippen LogP contribution in [-0.4, -0.2) is 37.1 Å². The van der Waals surface area contributed by atoms with Crippen molar-refractivity contribution in [2.45, 2.75) is 6.42 Å². The predicted octanol–water partition coefficient (Wildman–Crippen LogP) is 2.37. The third kappa shape index (κ3) is 1.96. The zero-order valence-electron chi connectivity index (χ0n) is 11.6. The summed E-state index contributed by atoms with van der Waals surface area (Å²) in [6.45, 7) is 2.50. The molecular weight excluding hydrogens is 284 g/mol. The van der Waals surface area contributed by atoms with E-state index in [9.17, 15) is 4.79 Å². The highest BCUT2D eigenvalue weighted by molar-refractivity contribution is 7.17. The molecule has 1 aliphatic heterocycles. The number of anilines is 1. The molecule has 2 aliphatic rings. The Bertz CT molecular complexity index is 717. The van der Waals surface area contributed by atoms with Crippen LogP contribution in [0.3, 0.4) is 0 Å². The van der Waals surface area contributed by atoms with E-state index >= 15 is 0 Å². The summed E-state index contributed by atoms with van der Waals surface area (Å²) in [5.74, 6) is 0.0463. The minimum atomic E-state index is 0.0463. The SMILES string of the molecule is Nc1sc2c(c1C(=O)N1CCOCC1)-c1ccccc1C2. The molecule has 0 radical (unpaired) electrons. The summed E-state index contributed by atoms with van der Waals surface area (Å²) in [5, 5.41) is 0.644. The van der Waals surface area contributed by atoms with Gasteiger partial charge in [0.05, 0.1) is 23.8 Å². The second-order valence-corrected chi connectivity index (χ2v) is 6.51. The minimum Gasteiger partial charge on any atom is -0.390 e. The maximum Gasteiger partial charge on any atom is 0.257 e. The third-order valence-electron chi connectivity index (χ3n) is 4.16. The van der Waals surface area contributed by atoms with Gasteiger partial charge in [-0.1, -0.05) is 24.3 Å². The van der Waals surface area contributed by atoms with Gasteiger partial charge in [0.1, 0.15) is 0 Å². The zero-order valence-corrected chi connectivity index (χ0v) is 12.4. The van der Waals surface area contributed by atoms with Crippen LogP contribution in [0.5, 0.6) is 0 Å². The van der Waals surface area contributed by atoms with Crippen LogP contribution < -0.4 is 5.73 Å². The van der Waals surface area contributed by atoms with Crippen molar-refractivity contribution in [2.24, 2.45) is 0 Å². The summed E-state index contributed by atoms with van der Waals surface area (Å²) in [4.78, 5) is 15.9. The van der Waals surface area contributed by atoms with Gasteiger partial charge in [-0.25, -0.2) is 0 Å². The molecule has 0 unspecified atom stereocenters. The van der Waals surface area contributed by atoms with Crippen LogP contribution in [0.25, 0.3) is 11.1 Å². The van der Waals surface area contributed by atoms with Gasteiger partial charge in [0.15, 0.2) is 0 Å². The van der Waals surface area contributed by atoms with E-state index in [1.807, 2.05) is 17.0 Å². The molecule has 0 saturated carbocycles. The largest absolute Gasteiger partial charge is 0.390 e. The van der Waals surface area contributed by atoms with E-state index in [1.54, 1.807) is 11.3 Å². The van der Waals surface area contributed by atoms with E-state index in [-0.39, 0.29) is 5.91 Å². The van der Waals surface area contributed by atoms with Crippen molar-refractivity contribution in [1.82, 2.24) is 4.90 Å². The fraction of sp³-hybridized carbons (Fsp3) is 0.312. The lowest BCUT2D eigenvalue weighted by atomic mass is 10.0. The number of nitrogens with zero attached hydrogens (tertiary/aromatic N) is 1. The van der Waals surface area contributed by atoms with Gasteiger partial charge < -0.3 is 15.4 Å². The van der Waals surface area contributed by atoms with Crippen molar-refractivity contribution in [3.8, 4) is 11.1 Å². The molecule has 0 bridgehead atoms. The highest BCUT2D eigenvalue weighted by Gasteiger charge is 2.31. The highest BCUT2D eigenvalue weighted by Crippen LogP contribution is 2.46. The molecule has 0 atom stereocenters. The van der Waals surface area contributed by atoms with Crippen LogP contribution >= 0.6 is 11.3 Å². The van der Waals surface area contributed by atoms with E-state index < -0.39 is 0 Å². The van der Waals surface area contributed by atoms with E-state index in [0.717, 1.165) is 17.5 Å². The van der Waals surface area contributed by atoms with Gasteiger partial charge in [-0.15, -0.1) is 11.3 Å².